The van der Waals surface area contributed by atoms with Gasteiger partial charge in [-0.1, -0.05) is 0 Å². The number of carbonyl (C=O) groups is 2. The maximum Gasteiger partial charge on any atom is 0.303 e. The third-order valence-corrected chi connectivity index (χ3v) is 1.64. The third kappa shape index (κ3) is 3.75. The topological polar surface area (TPSA) is 79.5 Å². The normalized spacial score (nSPS) is 9.71. The Morgan fingerprint density at radius 1 is 1.43 bits per heavy atom. The minimum absolute atomic E-state index is 0.00713. The summed E-state index contributed by atoms with van der Waals surface area (Å²) in [5.74, 6) is -1.24. The number of carboxylic acid groups (broad SMARTS) is 1. The molecule has 0 aliphatic rings. The van der Waals surface area contributed by atoms with Crippen molar-refractivity contribution in [2.75, 3.05) is 0 Å². The van der Waals surface area contributed by atoms with E-state index in [0.29, 0.717) is 6.54 Å². The van der Waals surface area contributed by atoms with E-state index >= 15 is 0 Å². The standard InChI is InChI=1S/C9H11NO4/c11-8(1-2-9(12)13)10-5-7-3-4-14-6-7/h3-4,6H,1-2,5H2,(H,10,11)(H,12,13). The molecule has 0 unspecified atom stereocenters. The van der Waals surface area contributed by atoms with Crippen LogP contribution in [0.1, 0.15) is 18.4 Å². The van der Waals surface area contributed by atoms with E-state index < -0.39 is 5.97 Å². The molecule has 5 nitrogen and oxygen atoms in total. The molecule has 0 aliphatic heterocycles. The first-order chi connectivity index (χ1) is 6.68. The van der Waals surface area contributed by atoms with Crippen LogP contribution in [-0.2, 0) is 16.1 Å². The quantitative estimate of drug-likeness (QED) is 0.730. The molecule has 76 valence electrons. The van der Waals surface area contributed by atoms with Crippen LogP contribution in [0, 0.1) is 0 Å². The third-order valence-electron chi connectivity index (χ3n) is 1.64. The van der Waals surface area contributed by atoms with Crippen LogP contribution >= 0.6 is 0 Å². The zero-order valence-electron chi connectivity index (χ0n) is 7.53. The Balaban J connectivity index is 2.18. The zero-order valence-corrected chi connectivity index (χ0v) is 7.53. The fraction of sp³-hybridized carbons (Fsp3) is 0.333. The van der Waals surface area contributed by atoms with Crippen LogP contribution < -0.4 is 5.32 Å². The van der Waals surface area contributed by atoms with Gasteiger partial charge in [0.25, 0.3) is 0 Å². The number of amides is 1. The van der Waals surface area contributed by atoms with E-state index in [2.05, 4.69) is 5.32 Å². The van der Waals surface area contributed by atoms with Gasteiger partial charge < -0.3 is 14.8 Å². The van der Waals surface area contributed by atoms with E-state index in [1.54, 1.807) is 6.07 Å². The molecule has 0 saturated carbocycles. The summed E-state index contributed by atoms with van der Waals surface area (Å²) in [6.07, 6.45) is 2.90. The lowest BCUT2D eigenvalue weighted by molar-refractivity contribution is -0.138. The second-order valence-corrected chi connectivity index (χ2v) is 2.80. The van der Waals surface area contributed by atoms with Gasteiger partial charge in [-0.25, -0.2) is 0 Å². The van der Waals surface area contributed by atoms with Crippen molar-refractivity contribution >= 4 is 11.9 Å². The number of aliphatic carboxylic acids is 1. The van der Waals surface area contributed by atoms with E-state index in [0.717, 1.165) is 5.56 Å². The largest absolute Gasteiger partial charge is 0.481 e. The van der Waals surface area contributed by atoms with Gasteiger partial charge in [-0.2, -0.15) is 0 Å². The first-order valence-corrected chi connectivity index (χ1v) is 4.18. The molecule has 0 aliphatic carbocycles. The Kier molecular flexibility index (Phi) is 3.72. The fourth-order valence-electron chi connectivity index (χ4n) is 0.903. The molecule has 0 spiro atoms. The van der Waals surface area contributed by atoms with Gasteiger partial charge in [0.05, 0.1) is 18.9 Å². The SMILES string of the molecule is O=C(O)CCC(=O)NCc1ccoc1. The summed E-state index contributed by atoms with van der Waals surface area (Å²) in [7, 11) is 0. The average molecular weight is 197 g/mol. The molecule has 1 aromatic heterocycles. The second-order valence-electron chi connectivity index (χ2n) is 2.80. The van der Waals surface area contributed by atoms with E-state index in [4.69, 9.17) is 9.52 Å². The van der Waals surface area contributed by atoms with E-state index in [-0.39, 0.29) is 18.7 Å². The molecule has 1 rings (SSSR count). The zero-order chi connectivity index (χ0) is 10.4. The van der Waals surface area contributed by atoms with Gasteiger partial charge in [0.1, 0.15) is 0 Å². The maximum absolute atomic E-state index is 11.0. The molecule has 0 radical (unpaired) electrons. The van der Waals surface area contributed by atoms with Crippen molar-refractivity contribution in [2.24, 2.45) is 0 Å². The highest BCUT2D eigenvalue weighted by molar-refractivity contribution is 5.80. The number of carbonyl (C=O) groups excluding carboxylic acids is 1. The molecule has 14 heavy (non-hydrogen) atoms. The molecule has 0 atom stereocenters. The number of carboxylic acids is 1. The lowest BCUT2D eigenvalue weighted by Gasteiger charge is -2.00. The summed E-state index contributed by atoms with van der Waals surface area (Å²) in [6.45, 7) is 0.370. The summed E-state index contributed by atoms with van der Waals surface area (Å²) < 4.78 is 4.80. The molecule has 1 amide bonds. The summed E-state index contributed by atoms with van der Waals surface area (Å²) in [5.41, 5.74) is 0.855. The Labute approximate surface area is 80.7 Å². The first kappa shape index (κ1) is 10.3. The Morgan fingerprint density at radius 2 is 2.21 bits per heavy atom. The highest BCUT2D eigenvalue weighted by Crippen LogP contribution is 1.99. The molecular formula is C9H11NO4. The Hall–Kier alpha value is -1.78. The first-order valence-electron chi connectivity index (χ1n) is 4.18. The molecule has 1 aromatic rings. The predicted octanol–water partition coefficient (Wildman–Crippen LogP) is 0.761. The highest BCUT2D eigenvalue weighted by Gasteiger charge is 2.04. The van der Waals surface area contributed by atoms with Crippen LogP contribution in [0.3, 0.4) is 0 Å². The number of furan rings is 1. The number of hydrogen-bond acceptors (Lipinski definition) is 3. The van der Waals surface area contributed by atoms with E-state index in [9.17, 15) is 9.59 Å². The summed E-state index contributed by atoms with van der Waals surface area (Å²) >= 11 is 0. The van der Waals surface area contributed by atoms with Gasteiger partial charge in [-0.15, -0.1) is 0 Å². The smallest absolute Gasteiger partial charge is 0.303 e. The highest BCUT2D eigenvalue weighted by atomic mass is 16.4. The van der Waals surface area contributed by atoms with Crippen LogP contribution in [0.15, 0.2) is 23.0 Å². The monoisotopic (exact) mass is 197 g/mol. The molecular weight excluding hydrogens is 186 g/mol. The lowest BCUT2D eigenvalue weighted by Crippen LogP contribution is -2.22. The molecule has 1 heterocycles. The van der Waals surface area contributed by atoms with Gasteiger partial charge in [0.2, 0.25) is 5.91 Å². The van der Waals surface area contributed by atoms with Gasteiger partial charge in [-0.3, -0.25) is 9.59 Å². The molecule has 0 saturated heterocycles. The van der Waals surface area contributed by atoms with Crippen LogP contribution in [0.2, 0.25) is 0 Å². The molecule has 0 bridgehead atoms. The Morgan fingerprint density at radius 3 is 2.79 bits per heavy atom. The average Bonchev–Trinajstić information content (AvgIpc) is 2.63. The van der Waals surface area contributed by atoms with Gasteiger partial charge in [0, 0.05) is 18.5 Å². The number of hydrogen-bond donors (Lipinski definition) is 2. The number of rotatable bonds is 5. The minimum atomic E-state index is -0.969. The summed E-state index contributed by atoms with van der Waals surface area (Å²) in [5, 5.41) is 10.9. The van der Waals surface area contributed by atoms with Crippen LogP contribution in [0.25, 0.3) is 0 Å². The molecule has 0 aromatic carbocycles. The van der Waals surface area contributed by atoms with Gasteiger partial charge in [0.15, 0.2) is 0 Å². The maximum atomic E-state index is 11.0. The van der Waals surface area contributed by atoms with E-state index in [1.807, 2.05) is 0 Å². The number of nitrogens with one attached hydrogen (secondary N) is 1. The van der Waals surface area contributed by atoms with Crippen LogP contribution in [-0.4, -0.2) is 17.0 Å². The molecule has 0 fully saturated rings. The summed E-state index contributed by atoms with van der Waals surface area (Å²) in [6, 6.07) is 1.73. The fourth-order valence-corrected chi connectivity index (χ4v) is 0.903. The Bertz CT molecular complexity index is 305. The van der Waals surface area contributed by atoms with Crippen LogP contribution in [0.4, 0.5) is 0 Å². The van der Waals surface area contributed by atoms with Crippen molar-refractivity contribution in [3.8, 4) is 0 Å². The lowest BCUT2D eigenvalue weighted by atomic mass is 10.3. The van der Waals surface area contributed by atoms with E-state index in [1.165, 1.54) is 12.5 Å². The second kappa shape index (κ2) is 5.06. The van der Waals surface area contributed by atoms with Gasteiger partial charge in [-0.05, 0) is 6.07 Å². The van der Waals surface area contributed by atoms with Crippen molar-refractivity contribution in [1.82, 2.24) is 5.32 Å². The van der Waals surface area contributed by atoms with Crippen molar-refractivity contribution in [1.29, 1.82) is 0 Å². The molecule has 5 heteroatoms. The van der Waals surface area contributed by atoms with Crippen molar-refractivity contribution in [3.63, 3.8) is 0 Å². The van der Waals surface area contributed by atoms with Crippen molar-refractivity contribution in [3.05, 3.63) is 24.2 Å². The van der Waals surface area contributed by atoms with Crippen molar-refractivity contribution < 1.29 is 19.1 Å². The van der Waals surface area contributed by atoms with Crippen LogP contribution in [0.5, 0.6) is 0 Å². The molecule has 2 N–H and O–H groups in total. The van der Waals surface area contributed by atoms with Crippen molar-refractivity contribution in [2.45, 2.75) is 19.4 Å². The predicted molar refractivity (Wildman–Crippen MR) is 47.4 cm³/mol. The van der Waals surface area contributed by atoms with Gasteiger partial charge >= 0.3 is 5.97 Å². The minimum Gasteiger partial charge on any atom is -0.481 e. The summed E-state index contributed by atoms with van der Waals surface area (Å²) in [4.78, 5) is 21.2.